The fraction of sp³-hybridized carbons (Fsp3) is 0.286. The van der Waals surface area contributed by atoms with Crippen LogP contribution < -0.4 is 5.56 Å². The Labute approximate surface area is 93.0 Å². The third kappa shape index (κ3) is 2.56. The van der Waals surface area contributed by atoms with Crippen LogP contribution in [0.4, 0.5) is 13.2 Å². The minimum atomic E-state index is -4.84. The molecule has 0 saturated carbocycles. The van der Waals surface area contributed by atoms with Gasteiger partial charge in [-0.3, -0.25) is 4.79 Å². The molecule has 0 atom stereocenters. The molecule has 1 heterocycles. The Bertz CT molecular complexity index is 576. The number of aromatic nitrogens is 1. The molecule has 1 N–H and O–H groups in total. The maximum Gasteiger partial charge on any atom is 0.432 e. The van der Waals surface area contributed by atoms with Gasteiger partial charge in [0.05, 0.1) is 5.02 Å². The van der Waals surface area contributed by atoms with Crippen LogP contribution in [0.15, 0.2) is 15.8 Å². The zero-order valence-electron chi connectivity index (χ0n) is 7.72. The highest BCUT2D eigenvalue weighted by Crippen LogP contribution is 2.32. The molecule has 1 aromatic rings. The topological polar surface area (TPSA) is 67.0 Å². The molecule has 1 aromatic heterocycles. The lowest BCUT2D eigenvalue weighted by Crippen LogP contribution is -2.22. The molecule has 0 saturated heterocycles. The first-order valence-electron chi connectivity index (χ1n) is 3.73. The highest BCUT2D eigenvalue weighted by atomic mass is 35.5. The number of hydrogen-bond donors (Lipinski definition) is 1. The predicted octanol–water partition coefficient (Wildman–Crippen LogP) is 1.45. The van der Waals surface area contributed by atoms with Crippen molar-refractivity contribution >= 4 is 21.4 Å². The van der Waals surface area contributed by atoms with Crippen LogP contribution in [-0.4, -0.2) is 19.7 Å². The van der Waals surface area contributed by atoms with E-state index < -0.39 is 37.2 Å². The molecular weight excluding hydrogens is 271 g/mol. The van der Waals surface area contributed by atoms with Gasteiger partial charge in [-0.2, -0.15) is 13.2 Å². The molecule has 0 fully saturated rings. The summed E-state index contributed by atoms with van der Waals surface area (Å²) >= 11 is 5.24. The van der Waals surface area contributed by atoms with Crippen LogP contribution in [0.1, 0.15) is 5.69 Å². The molecule has 1 rings (SSSR count). The number of aromatic amines is 1. The average Bonchev–Trinajstić information content (AvgIpc) is 2.04. The van der Waals surface area contributed by atoms with Crippen molar-refractivity contribution < 1.29 is 21.6 Å². The third-order valence-corrected chi connectivity index (χ3v) is 3.04. The molecule has 9 heteroatoms. The summed E-state index contributed by atoms with van der Waals surface area (Å²) < 4.78 is 58.8. The summed E-state index contributed by atoms with van der Waals surface area (Å²) in [5.74, 6) is 0. The molecule has 16 heavy (non-hydrogen) atoms. The van der Waals surface area contributed by atoms with E-state index in [9.17, 15) is 26.4 Å². The normalized spacial score (nSPS) is 12.8. The average molecular weight is 276 g/mol. The van der Waals surface area contributed by atoms with Crippen molar-refractivity contribution in [1.29, 1.82) is 0 Å². The number of rotatable bonds is 1. The van der Waals surface area contributed by atoms with Gasteiger partial charge in [0.25, 0.3) is 5.56 Å². The summed E-state index contributed by atoms with van der Waals surface area (Å²) in [5, 5.41) is -0.868. The molecule has 4 nitrogen and oxygen atoms in total. The van der Waals surface area contributed by atoms with Crippen molar-refractivity contribution in [3.8, 4) is 0 Å². The Morgan fingerprint density at radius 1 is 1.38 bits per heavy atom. The summed E-state index contributed by atoms with van der Waals surface area (Å²) in [4.78, 5) is 11.7. The van der Waals surface area contributed by atoms with Gasteiger partial charge >= 0.3 is 6.18 Å². The van der Waals surface area contributed by atoms with E-state index >= 15 is 0 Å². The minimum Gasteiger partial charge on any atom is -0.316 e. The Morgan fingerprint density at radius 3 is 2.25 bits per heavy atom. The second-order valence-corrected chi connectivity index (χ2v) is 5.35. The number of H-pyrrole nitrogens is 1. The van der Waals surface area contributed by atoms with E-state index in [0.717, 1.165) is 0 Å². The lowest BCUT2D eigenvalue weighted by molar-refractivity contribution is -0.141. The van der Waals surface area contributed by atoms with Crippen LogP contribution in [0.2, 0.25) is 5.02 Å². The number of pyridine rings is 1. The van der Waals surface area contributed by atoms with Crippen LogP contribution in [0.5, 0.6) is 0 Å². The zero-order valence-corrected chi connectivity index (χ0v) is 9.29. The van der Waals surface area contributed by atoms with Gasteiger partial charge in [-0.1, -0.05) is 11.6 Å². The van der Waals surface area contributed by atoms with Gasteiger partial charge in [0.15, 0.2) is 9.84 Å². The number of hydrogen-bond acceptors (Lipinski definition) is 3. The van der Waals surface area contributed by atoms with Gasteiger partial charge in [-0.15, -0.1) is 0 Å². The summed E-state index contributed by atoms with van der Waals surface area (Å²) in [5.41, 5.74) is -2.81. The molecule has 90 valence electrons. The quantitative estimate of drug-likeness (QED) is 0.843. The van der Waals surface area contributed by atoms with Gasteiger partial charge in [0.1, 0.15) is 10.6 Å². The van der Waals surface area contributed by atoms with E-state index in [1.54, 1.807) is 0 Å². The van der Waals surface area contributed by atoms with Crippen molar-refractivity contribution in [1.82, 2.24) is 4.98 Å². The molecular formula is C7H5ClF3NO3S. The monoisotopic (exact) mass is 275 g/mol. The van der Waals surface area contributed by atoms with Crippen molar-refractivity contribution in [2.75, 3.05) is 6.26 Å². The highest BCUT2D eigenvalue weighted by Gasteiger charge is 2.35. The molecule has 0 aromatic carbocycles. The van der Waals surface area contributed by atoms with Gasteiger partial charge in [0.2, 0.25) is 0 Å². The van der Waals surface area contributed by atoms with E-state index in [4.69, 9.17) is 11.6 Å². The largest absolute Gasteiger partial charge is 0.432 e. The van der Waals surface area contributed by atoms with Gasteiger partial charge in [-0.05, 0) is 6.07 Å². The number of alkyl halides is 3. The predicted molar refractivity (Wildman–Crippen MR) is 50.2 cm³/mol. The van der Waals surface area contributed by atoms with Crippen LogP contribution >= 0.6 is 11.6 Å². The number of nitrogens with one attached hydrogen (secondary N) is 1. The Morgan fingerprint density at radius 2 is 1.88 bits per heavy atom. The van der Waals surface area contributed by atoms with Gasteiger partial charge < -0.3 is 4.98 Å². The first kappa shape index (κ1) is 13.0. The first-order chi connectivity index (χ1) is 7.03. The molecule has 0 aliphatic heterocycles. The molecule has 0 radical (unpaired) electrons. The van der Waals surface area contributed by atoms with Crippen molar-refractivity contribution in [3.05, 3.63) is 27.1 Å². The molecule has 0 spiro atoms. The van der Waals surface area contributed by atoms with Crippen molar-refractivity contribution in [2.24, 2.45) is 0 Å². The maximum atomic E-state index is 12.3. The van der Waals surface area contributed by atoms with Crippen LogP contribution in [0, 0.1) is 0 Å². The van der Waals surface area contributed by atoms with Crippen molar-refractivity contribution in [2.45, 2.75) is 11.1 Å². The van der Waals surface area contributed by atoms with Gasteiger partial charge in [0, 0.05) is 6.26 Å². The van der Waals surface area contributed by atoms with E-state index in [0.29, 0.717) is 12.3 Å². The Hall–Kier alpha value is -1.02. The molecule has 0 aliphatic rings. The smallest absolute Gasteiger partial charge is 0.316 e. The highest BCUT2D eigenvalue weighted by molar-refractivity contribution is 7.90. The lowest BCUT2D eigenvalue weighted by atomic mass is 10.3. The van der Waals surface area contributed by atoms with E-state index in [-0.39, 0.29) is 0 Å². The number of sulfone groups is 1. The zero-order chi connectivity index (χ0) is 12.7. The summed E-state index contributed by atoms with van der Waals surface area (Å²) in [6, 6.07) is 0.485. The van der Waals surface area contributed by atoms with Crippen LogP contribution in [-0.2, 0) is 16.0 Å². The first-order valence-corrected chi connectivity index (χ1v) is 6.00. The van der Waals surface area contributed by atoms with Crippen molar-refractivity contribution in [3.63, 3.8) is 0 Å². The van der Waals surface area contributed by atoms with Gasteiger partial charge in [-0.25, -0.2) is 8.42 Å². The summed E-state index contributed by atoms with van der Waals surface area (Å²) in [7, 11) is -3.91. The second kappa shape index (κ2) is 3.77. The molecule has 0 aliphatic carbocycles. The minimum absolute atomic E-state index is 0.485. The van der Waals surface area contributed by atoms with E-state index in [1.807, 2.05) is 0 Å². The lowest BCUT2D eigenvalue weighted by Gasteiger charge is -2.08. The Kier molecular flexibility index (Phi) is 3.08. The van der Waals surface area contributed by atoms with Crippen LogP contribution in [0.25, 0.3) is 0 Å². The molecule has 0 amide bonds. The van der Waals surface area contributed by atoms with Crippen LogP contribution in [0.3, 0.4) is 0 Å². The summed E-state index contributed by atoms with van der Waals surface area (Å²) in [6.07, 6.45) is -4.15. The molecule has 0 unspecified atom stereocenters. The SMILES string of the molecule is CS(=O)(=O)c1cc(Cl)c(C(F)(F)F)[nH]c1=O. The second-order valence-electron chi connectivity index (χ2n) is 2.96. The Balaban J connectivity index is 3.59. The van der Waals surface area contributed by atoms with E-state index in [1.165, 1.54) is 4.98 Å². The molecule has 0 bridgehead atoms. The fourth-order valence-corrected chi connectivity index (χ4v) is 2.02. The number of halogens is 4. The van der Waals surface area contributed by atoms with E-state index in [2.05, 4.69) is 0 Å². The third-order valence-electron chi connectivity index (χ3n) is 1.64. The standard InChI is InChI=1S/C7H5ClF3NO3S/c1-16(14,15)4-2-3(8)5(7(9,10)11)12-6(4)13/h2H,1H3,(H,12,13). The summed E-state index contributed by atoms with van der Waals surface area (Å²) in [6.45, 7) is 0. The fourth-order valence-electron chi connectivity index (χ4n) is 0.969. The maximum absolute atomic E-state index is 12.3.